The maximum absolute atomic E-state index is 12.1. The Kier molecular flexibility index (Phi) is 5.18. The smallest absolute Gasteiger partial charge is 0.387 e. The number of benzene rings is 2. The first-order valence-corrected chi connectivity index (χ1v) is 7.78. The number of hydrogen-bond donors (Lipinski definition) is 1. The molecule has 0 bridgehead atoms. The minimum atomic E-state index is -2.84. The average Bonchev–Trinajstić information content (AvgIpc) is 2.60. The van der Waals surface area contributed by atoms with Crippen LogP contribution in [0.1, 0.15) is 12.0 Å². The van der Waals surface area contributed by atoms with Crippen molar-refractivity contribution in [3.63, 3.8) is 0 Å². The average molecular weight is 342 g/mol. The van der Waals surface area contributed by atoms with E-state index in [-0.39, 0.29) is 11.7 Å². The fourth-order valence-corrected chi connectivity index (χ4v) is 2.47. The zero-order valence-electron chi connectivity index (χ0n) is 13.3. The molecule has 0 aliphatic rings. The second kappa shape index (κ2) is 7.70. The number of carbonyl (C=O) groups is 1. The molecule has 0 aliphatic carbocycles. The number of pyridine rings is 1. The lowest BCUT2D eigenvalue weighted by molar-refractivity contribution is -0.116. The maximum atomic E-state index is 12.1. The third kappa shape index (κ3) is 4.73. The molecule has 0 radical (unpaired) electrons. The van der Waals surface area contributed by atoms with Gasteiger partial charge in [0.15, 0.2) is 0 Å². The quantitative estimate of drug-likeness (QED) is 0.722. The molecule has 2 aromatic carbocycles. The van der Waals surface area contributed by atoms with Gasteiger partial charge in [0, 0.05) is 23.7 Å². The molecule has 0 spiro atoms. The number of halogens is 2. The molecule has 0 fully saturated rings. The number of ether oxygens (including phenoxy) is 1. The van der Waals surface area contributed by atoms with Gasteiger partial charge in [-0.25, -0.2) is 0 Å². The van der Waals surface area contributed by atoms with E-state index in [1.165, 1.54) is 12.1 Å². The summed E-state index contributed by atoms with van der Waals surface area (Å²) in [6.45, 7) is -2.84. The van der Waals surface area contributed by atoms with Gasteiger partial charge in [-0.15, -0.1) is 0 Å². The molecular weight excluding hydrogens is 326 g/mol. The minimum Gasteiger partial charge on any atom is -0.435 e. The second-order valence-corrected chi connectivity index (χ2v) is 5.48. The summed E-state index contributed by atoms with van der Waals surface area (Å²) in [5.74, 6) is -0.0101. The molecule has 3 rings (SSSR count). The maximum Gasteiger partial charge on any atom is 0.387 e. The molecule has 1 amide bonds. The highest BCUT2D eigenvalue weighted by molar-refractivity contribution is 5.93. The zero-order chi connectivity index (χ0) is 17.6. The summed E-state index contributed by atoms with van der Waals surface area (Å²) in [6.07, 6.45) is 2.52. The van der Waals surface area contributed by atoms with Crippen molar-refractivity contribution in [1.29, 1.82) is 0 Å². The Balaban J connectivity index is 1.55. The van der Waals surface area contributed by atoms with Crippen molar-refractivity contribution in [3.05, 3.63) is 66.4 Å². The molecule has 3 aromatic rings. The highest BCUT2D eigenvalue weighted by atomic mass is 19.3. The molecule has 1 N–H and O–H groups in total. The number of carbonyl (C=O) groups excluding carboxylic acids is 1. The van der Waals surface area contributed by atoms with E-state index in [4.69, 9.17) is 0 Å². The van der Waals surface area contributed by atoms with Crippen LogP contribution >= 0.6 is 0 Å². The Labute approximate surface area is 143 Å². The van der Waals surface area contributed by atoms with Gasteiger partial charge in [0.05, 0.1) is 5.52 Å². The predicted octanol–water partition coefficient (Wildman–Crippen LogP) is 4.41. The molecule has 1 heterocycles. The summed E-state index contributed by atoms with van der Waals surface area (Å²) in [4.78, 5) is 16.3. The number of anilines is 1. The molecule has 0 saturated carbocycles. The van der Waals surface area contributed by atoms with Gasteiger partial charge in [-0.1, -0.05) is 18.2 Å². The molecule has 0 aliphatic heterocycles. The normalized spacial score (nSPS) is 10.8. The van der Waals surface area contributed by atoms with Crippen LogP contribution in [0.2, 0.25) is 0 Å². The van der Waals surface area contributed by atoms with Gasteiger partial charge < -0.3 is 10.1 Å². The van der Waals surface area contributed by atoms with Crippen molar-refractivity contribution in [1.82, 2.24) is 4.98 Å². The largest absolute Gasteiger partial charge is 0.435 e. The number of fused-ring (bicyclic) bond motifs is 1. The van der Waals surface area contributed by atoms with Crippen LogP contribution in [0.4, 0.5) is 14.5 Å². The summed E-state index contributed by atoms with van der Waals surface area (Å²) in [7, 11) is 0. The van der Waals surface area contributed by atoms with Crippen LogP contribution in [0, 0.1) is 0 Å². The molecule has 1 aromatic heterocycles. The summed E-state index contributed by atoms with van der Waals surface area (Å²) in [5.41, 5.74) is 2.46. The number of amides is 1. The molecule has 4 nitrogen and oxygen atoms in total. The number of alkyl halides is 2. The number of aryl methyl sites for hydroxylation is 1. The van der Waals surface area contributed by atoms with Gasteiger partial charge in [0.25, 0.3) is 0 Å². The zero-order valence-corrected chi connectivity index (χ0v) is 13.3. The monoisotopic (exact) mass is 342 g/mol. The molecule has 0 unspecified atom stereocenters. The van der Waals surface area contributed by atoms with Crippen LogP contribution in [-0.4, -0.2) is 17.5 Å². The van der Waals surface area contributed by atoms with Crippen molar-refractivity contribution < 1.29 is 18.3 Å². The fourth-order valence-electron chi connectivity index (χ4n) is 2.47. The molecule has 25 heavy (non-hydrogen) atoms. The SMILES string of the molecule is O=C(CCc1ccc(OC(F)F)cc1)Nc1ccc2ncccc2c1. The van der Waals surface area contributed by atoms with E-state index in [9.17, 15) is 13.6 Å². The van der Waals surface area contributed by atoms with Crippen molar-refractivity contribution in [3.8, 4) is 5.75 Å². The Morgan fingerprint density at radius 2 is 1.92 bits per heavy atom. The van der Waals surface area contributed by atoms with Crippen molar-refractivity contribution in [2.45, 2.75) is 19.5 Å². The fraction of sp³-hybridized carbons (Fsp3) is 0.158. The van der Waals surface area contributed by atoms with Crippen LogP contribution in [0.5, 0.6) is 5.75 Å². The van der Waals surface area contributed by atoms with Gasteiger partial charge in [-0.05, 0) is 48.4 Å². The molecule has 0 atom stereocenters. The van der Waals surface area contributed by atoms with E-state index in [1.54, 1.807) is 18.3 Å². The van der Waals surface area contributed by atoms with E-state index in [2.05, 4.69) is 15.0 Å². The van der Waals surface area contributed by atoms with Crippen LogP contribution in [0.15, 0.2) is 60.8 Å². The van der Waals surface area contributed by atoms with Crippen LogP contribution < -0.4 is 10.1 Å². The van der Waals surface area contributed by atoms with E-state index in [1.807, 2.05) is 30.3 Å². The summed E-state index contributed by atoms with van der Waals surface area (Å²) >= 11 is 0. The summed E-state index contributed by atoms with van der Waals surface area (Å²) < 4.78 is 28.5. The molecular formula is C19H16F2N2O2. The Hall–Kier alpha value is -3.02. The number of aromatic nitrogens is 1. The van der Waals surface area contributed by atoms with Crippen molar-refractivity contribution >= 4 is 22.5 Å². The number of hydrogen-bond acceptors (Lipinski definition) is 3. The van der Waals surface area contributed by atoms with Crippen LogP contribution in [0.25, 0.3) is 10.9 Å². The topological polar surface area (TPSA) is 51.2 Å². The Morgan fingerprint density at radius 3 is 2.68 bits per heavy atom. The van der Waals surface area contributed by atoms with Gasteiger partial charge in [0.2, 0.25) is 5.91 Å². The second-order valence-electron chi connectivity index (χ2n) is 5.48. The lowest BCUT2D eigenvalue weighted by Gasteiger charge is -2.07. The Morgan fingerprint density at radius 1 is 1.12 bits per heavy atom. The van der Waals surface area contributed by atoms with Gasteiger partial charge in [-0.3, -0.25) is 9.78 Å². The first kappa shape index (κ1) is 16.8. The summed E-state index contributed by atoms with van der Waals surface area (Å²) in [6, 6.07) is 15.6. The third-order valence-corrected chi connectivity index (χ3v) is 3.68. The van der Waals surface area contributed by atoms with Gasteiger partial charge in [0.1, 0.15) is 5.75 Å². The third-order valence-electron chi connectivity index (χ3n) is 3.68. The number of nitrogens with one attached hydrogen (secondary N) is 1. The number of rotatable bonds is 6. The highest BCUT2D eigenvalue weighted by Crippen LogP contribution is 2.18. The lowest BCUT2D eigenvalue weighted by atomic mass is 10.1. The predicted molar refractivity (Wildman–Crippen MR) is 91.8 cm³/mol. The van der Waals surface area contributed by atoms with E-state index in [0.29, 0.717) is 18.5 Å². The van der Waals surface area contributed by atoms with E-state index in [0.717, 1.165) is 16.5 Å². The van der Waals surface area contributed by atoms with Crippen LogP contribution in [-0.2, 0) is 11.2 Å². The molecule has 0 saturated heterocycles. The van der Waals surface area contributed by atoms with Crippen LogP contribution in [0.3, 0.4) is 0 Å². The Bertz CT molecular complexity index is 867. The lowest BCUT2D eigenvalue weighted by Crippen LogP contribution is -2.12. The molecule has 6 heteroatoms. The van der Waals surface area contributed by atoms with E-state index < -0.39 is 6.61 Å². The van der Waals surface area contributed by atoms with Crippen molar-refractivity contribution in [2.24, 2.45) is 0 Å². The number of nitrogens with zero attached hydrogens (tertiary/aromatic N) is 1. The minimum absolute atomic E-state index is 0.105. The van der Waals surface area contributed by atoms with Gasteiger partial charge in [-0.2, -0.15) is 8.78 Å². The standard InChI is InChI=1S/C19H16F2N2O2/c20-19(21)25-16-7-3-13(4-8-16)5-10-18(24)23-15-6-9-17-14(12-15)2-1-11-22-17/h1-4,6-9,11-12,19H,5,10H2,(H,23,24). The summed E-state index contributed by atoms with van der Waals surface area (Å²) in [5, 5.41) is 3.80. The van der Waals surface area contributed by atoms with E-state index >= 15 is 0 Å². The first-order chi connectivity index (χ1) is 12.1. The highest BCUT2D eigenvalue weighted by Gasteiger charge is 2.06. The van der Waals surface area contributed by atoms with Crippen molar-refractivity contribution in [2.75, 3.05) is 5.32 Å². The molecule has 128 valence electrons. The van der Waals surface area contributed by atoms with Gasteiger partial charge >= 0.3 is 6.61 Å². The first-order valence-electron chi connectivity index (χ1n) is 7.78.